The van der Waals surface area contributed by atoms with E-state index in [4.69, 9.17) is 10.00 Å². The number of hydrogen-bond donors (Lipinski definition) is 0. The Bertz CT molecular complexity index is 288. The standard InChI is InChI=1S/C11H18N2O2/c1-8-5-9(6-12)7-13(8)10(14)15-11(2,3)4/h8-9H,5,7H2,1-4H3/t8-,9-/m0/s1. The molecule has 1 aliphatic heterocycles. The molecule has 2 atom stereocenters. The molecule has 4 nitrogen and oxygen atoms in total. The summed E-state index contributed by atoms with van der Waals surface area (Å²) >= 11 is 0. The van der Waals surface area contributed by atoms with Crippen molar-refractivity contribution in [2.24, 2.45) is 5.92 Å². The molecule has 0 spiro atoms. The van der Waals surface area contributed by atoms with Gasteiger partial charge in [-0.05, 0) is 34.1 Å². The molecule has 0 aromatic carbocycles. The van der Waals surface area contributed by atoms with Crippen molar-refractivity contribution in [1.29, 1.82) is 5.26 Å². The molecule has 4 heteroatoms. The molecule has 0 N–H and O–H groups in total. The Hall–Kier alpha value is -1.24. The highest BCUT2D eigenvalue weighted by atomic mass is 16.6. The first-order chi connectivity index (χ1) is 6.83. The van der Waals surface area contributed by atoms with Gasteiger partial charge in [-0.3, -0.25) is 0 Å². The first-order valence-corrected chi connectivity index (χ1v) is 5.22. The molecule has 84 valence electrons. The molecule has 1 saturated heterocycles. The lowest BCUT2D eigenvalue weighted by molar-refractivity contribution is 0.0236. The third-order valence-electron chi connectivity index (χ3n) is 2.39. The lowest BCUT2D eigenvalue weighted by atomic mass is 10.1. The zero-order valence-corrected chi connectivity index (χ0v) is 9.78. The van der Waals surface area contributed by atoms with Crippen LogP contribution in [-0.2, 0) is 4.74 Å². The minimum absolute atomic E-state index is 0.0486. The Labute approximate surface area is 90.8 Å². The van der Waals surface area contributed by atoms with Gasteiger partial charge in [0.15, 0.2) is 0 Å². The second-order valence-corrected chi connectivity index (χ2v) is 5.04. The van der Waals surface area contributed by atoms with E-state index in [1.165, 1.54) is 0 Å². The zero-order valence-electron chi connectivity index (χ0n) is 9.78. The molecule has 1 heterocycles. The van der Waals surface area contributed by atoms with Crippen LogP contribution in [0.25, 0.3) is 0 Å². The van der Waals surface area contributed by atoms with Gasteiger partial charge in [0, 0.05) is 12.6 Å². The average molecular weight is 210 g/mol. The van der Waals surface area contributed by atoms with Crippen LogP contribution in [0.4, 0.5) is 4.79 Å². The summed E-state index contributed by atoms with van der Waals surface area (Å²) in [5.41, 5.74) is -0.471. The third-order valence-corrected chi connectivity index (χ3v) is 2.39. The Morgan fingerprint density at radius 1 is 1.53 bits per heavy atom. The van der Waals surface area contributed by atoms with E-state index < -0.39 is 5.60 Å². The van der Waals surface area contributed by atoms with Crippen LogP contribution >= 0.6 is 0 Å². The minimum Gasteiger partial charge on any atom is -0.444 e. The number of ether oxygens (including phenoxy) is 1. The number of hydrogen-bond acceptors (Lipinski definition) is 3. The molecule has 0 aromatic heterocycles. The van der Waals surface area contributed by atoms with Crippen molar-refractivity contribution >= 4 is 6.09 Å². The van der Waals surface area contributed by atoms with Crippen LogP contribution in [0.1, 0.15) is 34.1 Å². The molecule has 0 saturated carbocycles. The van der Waals surface area contributed by atoms with E-state index in [0.29, 0.717) is 6.54 Å². The molecule has 1 amide bonds. The van der Waals surface area contributed by atoms with Crippen molar-refractivity contribution in [1.82, 2.24) is 4.90 Å². The zero-order chi connectivity index (χ0) is 11.6. The van der Waals surface area contributed by atoms with Crippen molar-refractivity contribution in [3.05, 3.63) is 0 Å². The summed E-state index contributed by atoms with van der Waals surface area (Å²) in [6, 6.07) is 2.29. The minimum atomic E-state index is -0.471. The van der Waals surface area contributed by atoms with E-state index in [0.717, 1.165) is 6.42 Å². The number of rotatable bonds is 0. The number of nitrogens with zero attached hydrogens (tertiary/aromatic N) is 2. The molecule has 1 rings (SSSR count). The van der Waals surface area contributed by atoms with Gasteiger partial charge in [0.2, 0.25) is 0 Å². The Kier molecular flexibility index (Phi) is 3.23. The van der Waals surface area contributed by atoms with Gasteiger partial charge in [-0.2, -0.15) is 5.26 Å². The fourth-order valence-electron chi connectivity index (χ4n) is 1.70. The first kappa shape index (κ1) is 11.8. The van der Waals surface area contributed by atoms with E-state index >= 15 is 0 Å². The number of likely N-dealkylation sites (tertiary alicyclic amines) is 1. The highest BCUT2D eigenvalue weighted by Crippen LogP contribution is 2.24. The predicted molar refractivity (Wildman–Crippen MR) is 56.1 cm³/mol. The van der Waals surface area contributed by atoms with Gasteiger partial charge in [-0.1, -0.05) is 0 Å². The largest absolute Gasteiger partial charge is 0.444 e. The van der Waals surface area contributed by atoms with Crippen LogP contribution < -0.4 is 0 Å². The number of amides is 1. The summed E-state index contributed by atoms with van der Waals surface area (Å²) in [6.07, 6.45) is 0.434. The van der Waals surface area contributed by atoms with Gasteiger partial charge in [-0.25, -0.2) is 4.79 Å². The molecule has 1 aliphatic rings. The number of carbonyl (C=O) groups excluding carboxylic acids is 1. The summed E-state index contributed by atoms with van der Waals surface area (Å²) in [6.45, 7) is 7.96. The summed E-state index contributed by atoms with van der Waals surface area (Å²) in [7, 11) is 0. The monoisotopic (exact) mass is 210 g/mol. The van der Waals surface area contributed by atoms with E-state index in [2.05, 4.69) is 6.07 Å². The van der Waals surface area contributed by atoms with Crippen molar-refractivity contribution in [3.8, 4) is 6.07 Å². The maximum absolute atomic E-state index is 11.7. The van der Waals surface area contributed by atoms with Gasteiger partial charge >= 0.3 is 6.09 Å². The summed E-state index contributed by atoms with van der Waals surface area (Å²) < 4.78 is 5.26. The van der Waals surface area contributed by atoms with E-state index in [9.17, 15) is 4.79 Å². The van der Waals surface area contributed by atoms with Crippen LogP contribution in [0.2, 0.25) is 0 Å². The maximum Gasteiger partial charge on any atom is 0.410 e. The molecule has 15 heavy (non-hydrogen) atoms. The van der Waals surface area contributed by atoms with Crippen LogP contribution in [0.15, 0.2) is 0 Å². The van der Waals surface area contributed by atoms with Gasteiger partial charge in [0.05, 0.1) is 12.0 Å². The summed E-state index contributed by atoms with van der Waals surface area (Å²) in [4.78, 5) is 13.4. The predicted octanol–water partition coefficient (Wildman–Crippen LogP) is 2.16. The van der Waals surface area contributed by atoms with E-state index in [1.54, 1.807) is 4.90 Å². The van der Waals surface area contributed by atoms with E-state index in [1.807, 2.05) is 27.7 Å². The fraction of sp³-hybridized carbons (Fsp3) is 0.818. The lowest BCUT2D eigenvalue weighted by Crippen LogP contribution is -2.38. The van der Waals surface area contributed by atoms with Gasteiger partial charge < -0.3 is 9.64 Å². The van der Waals surface area contributed by atoms with Crippen LogP contribution in [-0.4, -0.2) is 29.2 Å². The fourth-order valence-corrected chi connectivity index (χ4v) is 1.70. The summed E-state index contributed by atoms with van der Waals surface area (Å²) in [5, 5.41) is 8.79. The average Bonchev–Trinajstić information content (AvgIpc) is 2.43. The van der Waals surface area contributed by atoms with Gasteiger partial charge in [-0.15, -0.1) is 0 Å². The molecule has 1 fully saturated rings. The normalized spacial score (nSPS) is 26.2. The number of nitriles is 1. The topological polar surface area (TPSA) is 53.3 Å². The molecule has 0 aliphatic carbocycles. The highest BCUT2D eigenvalue weighted by molar-refractivity contribution is 5.69. The molecule has 0 aromatic rings. The molecular weight excluding hydrogens is 192 g/mol. The summed E-state index contributed by atoms with van der Waals surface area (Å²) in [5.74, 6) is -0.0486. The SMILES string of the molecule is C[C@H]1C[C@@H](C#N)CN1C(=O)OC(C)(C)C. The third kappa shape index (κ3) is 3.12. The highest BCUT2D eigenvalue weighted by Gasteiger charge is 2.34. The van der Waals surface area contributed by atoms with Crippen LogP contribution in [0.3, 0.4) is 0 Å². The quantitative estimate of drug-likeness (QED) is 0.615. The van der Waals surface area contributed by atoms with Crippen molar-refractivity contribution in [2.75, 3.05) is 6.54 Å². The second-order valence-electron chi connectivity index (χ2n) is 5.04. The van der Waals surface area contributed by atoms with E-state index in [-0.39, 0.29) is 18.1 Å². The molecule has 0 radical (unpaired) electrons. The second kappa shape index (κ2) is 4.09. The van der Waals surface area contributed by atoms with Crippen molar-refractivity contribution < 1.29 is 9.53 Å². The van der Waals surface area contributed by atoms with Crippen molar-refractivity contribution in [2.45, 2.75) is 45.8 Å². The number of carbonyl (C=O) groups is 1. The first-order valence-electron chi connectivity index (χ1n) is 5.22. The van der Waals surface area contributed by atoms with Crippen molar-refractivity contribution in [3.63, 3.8) is 0 Å². The molecular formula is C11H18N2O2. The van der Waals surface area contributed by atoms with Gasteiger partial charge in [0.25, 0.3) is 0 Å². The van der Waals surface area contributed by atoms with Gasteiger partial charge in [0.1, 0.15) is 5.60 Å². The Balaban J connectivity index is 2.59. The Morgan fingerprint density at radius 3 is 2.53 bits per heavy atom. The van der Waals surface area contributed by atoms with Crippen LogP contribution in [0, 0.1) is 17.2 Å². The van der Waals surface area contributed by atoms with Crippen LogP contribution in [0.5, 0.6) is 0 Å². The maximum atomic E-state index is 11.7. The Morgan fingerprint density at radius 2 is 2.13 bits per heavy atom. The lowest BCUT2D eigenvalue weighted by Gasteiger charge is -2.26. The molecule has 0 bridgehead atoms. The molecule has 0 unspecified atom stereocenters. The smallest absolute Gasteiger partial charge is 0.410 e.